The van der Waals surface area contributed by atoms with E-state index < -0.39 is 0 Å². The number of amides is 1. The molecule has 4 nitrogen and oxygen atoms in total. The van der Waals surface area contributed by atoms with Crippen LogP contribution in [0.3, 0.4) is 0 Å². The van der Waals surface area contributed by atoms with E-state index >= 15 is 0 Å². The van der Waals surface area contributed by atoms with Gasteiger partial charge in [0.25, 0.3) is 0 Å². The number of nitrogens with one attached hydrogen (secondary N) is 2. The lowest BCUT2D eigenvalue weighted by Gasteiger charge is -2.36. The zero-order valence-electron chi connectivity index (χ0n) is 11.3. The molecule has 0 aromatic rings. The maximum absolute atomic E-state index is 12.4. The number of piperidine rings is 1. The molecule has 17 heavy (non-hydrogen) atoms. The Kier molecular flexibility index (Phi) is 5.92. The van der Waals surface area contributed by atoms with Crippen LogP contribution in [-0.4, -0.2) is 38.8 Å². The summed E-state index contributed by atoms with van der Waals surface area (Å²) in [5.41, 5.74) is -0.317. The molecule has 0 aromatic carbocycles. The maximum atomic E-state index is 12.4. The van der Waals surface area contributed by atoms with Crippen molar-refractivity contribution in [3.8, 4) is 0 Å². The summed E-state index contributed by atoms with van der Waals surface area (Å²) in [5, 5.41) is 6.46. The lowest BCUT2D eigenvalue weighted by Crippen LogP contribution is -2.52. The fourth-order valence-electron chi connectivity index (χ4n) is 2.45. The van der Waals surface area contributed by atoms with Crippen molar-refractivity contribution >= 4 is 5.91 Å². The zero-order chi connectivity index (χ0) is 12.7. The maximum Gasteiger partial charge on any atom is 0.228 e. The lowest BCUT2D eigenvalue weighted by molar-refractivity contribution is -0.137. The molecule has 1 amide bonds. The second-order valence-corrected chi connectivity index (χ2v) is 4.95. The zero-order valence-corrected chi connectivity index (χ0v) is 11.3. The summed E-state index contributed by atoms with van der Waals surface area (Å²) in [7, 11) is 1.67. The largest absolute Gasteiger partial charge is 0.384 e. The lowest BCUT2D eigenvalue weighted by atomic mass is 9.78. The van der Waals surface area contributed by atoms with Crippen LogP contribution in [0.2, 0.25) is 0 Å². The van der Waals surface area contributed by atoms with Gasteiger partial charge in [0.1, 0.15) is 0 Å². The molecule has 1 aliphatic heterocycles. The van der Waals surface area contributed by atoms with Crippen LogP contribution >= 0.6 is 0 Å². The first-order valence-electron chi connectivity index (χ1n) is 6.69. The molecule has 100 valence electrons. The fraction of sp³-hybridized carbons (Fsp3) is 0.923. The monoisotopic (exact) mass is 242 g/mol. The highest BCUT2D eigenvalue weighted by atomic mass is 16.5. The quantitative estimate of drug-likeness (QED) is 0.738. The molecule has 0 bridgehead atoms. The predicted molar refractivity (Wildman–Crippen MR) is 68.9 cm³/mol. The van der Waals surface area contributed by atoms with Gasteiger partial charge in [0.2, 0.25) is 5.91 Å². The number of rotatable bonds is 6. The standard InChI is InChI=1S/C13H26N2O2/c1-4-11(5-2)15-12(16)13(10-17-3)6-8-14-9-7-13/h11,14H,4-10H2,1-3H3,(H,15,16). The van der Waals surface area contributed by atoms with Gasteiger partial charge < -0.3 is 15.4 Å². The van der Waals surface area contributed by atoms with Crippen LogP contribution in [0.4, 0.5) is 0 Å². The van der Waals surface area contributed by atoms with Crippen molar-refractivity contribution in [1.82, 2.24) is 10.6 Å². The van der Waals surface area contributed by atoms with Gasteiger partial charge in [-0.3, -0.25) is 4.79 Å². The summed E-state index contributed by atoms with van der Waals surface area (Å²) in [5.74, 6) is 0.176. The molecule has 0 radical (unpaired) electrons. The van der Waals surface area contributed by atoms with Gasteiger partial charge >= 0.3 is 0 Å². The molecule has 1 aliphatic rings. The smallest absolute Gasteiger partial charge is 0.228 e. The summed E-state index contributed by atoms with van der Waals surface area (Å²) >= 11 is 0. The first kappa shape index (κ1) is 14.5. The topological polar surface area (TPSA) is 50.4 Å². The molecule has 1 heterocycles. The van der Waals surface area contributed by atoms with E-state index in [1.807, 2.05) is 0 Å². The van der Waals surface area contributed by atoms with Gasteiger partial charge in [-0.1, -0.05) is 13.8 Å². The van der Waals surface area contributed by atoms with E-state index in [1.54, 1.807) is 7.11 Å². The Morgan fingerprint density at radius 2 is 1.94 bits per heavy atom. The molecule has 0 saturated carbocycles. The minimum atomic E-state index is -0.317. The third-order valence-electron chi connectivity index (χ3n) is 3.78. The highest BCUT2D eigenvalue weighted by Crippen LogP contribution is 2.29. The second-order valence-electron chi connectivity index (χ2n) is 4.95. The van der Waals surface area contributed by atoms with E-state index in [2.05, 4.69) is 24.5 Å². The van der Waals surface area contributed by atoms with Crippen molar-refractivity contribution in [2.75, 3.05) is 26.8 Å². The Balaban J connectivity index is 2.65. The minimum absolute atomic E-state index is 0.176. The summed E-state index contributed by atoms with van der Waals surface area (Å²) in [6.45, 7) is 6.56. The van der Waals surface area contributed by atoms with Gasteiger partial charge in [0.05, 0.1) is 12.0 Å². The highest BCUT2D eigenvalue weighted by molar-refractivity contribution is 5.83. The van der Waals surface area contributed by atoms with Crippen LogP contribution in [0.15, 0.2) is 0 Å². The number of carbonyl (C=O) groups excluding carboxylic acids is 1. The van der Waals surface area contributed by atoms with Gasteiger partial charge in [-0.15, -0.1) is 0 Å². The highest BCUT2D eigenvalue weighted by Gasteiger charge is 2.39. The van der Waals surface area contributed by atoms with E-state index in [0.717, 1.165) is 38.8 Å². The number of methoxy groups -OCH3 is 1. The van der Waals surface area contributed by atoms with E-state index in [9.17, 15) is 4.79 Å². The summed E-state index contributed by atoms with van der Waals surface area (Å²) < 4.78 is 5.27. The van der Waals surface area contributed by atoms with E-state index in [0.29, 0.717) is 12.6 Å². The molecule has 1 fully saturated rings. The van der Waals surface area contributed by atoms with E-state index in [1.165, 1.54) is 0 Å². The van der Waals surface area contributed by atoms with E-state index in [-0.39, 0.29) is 11.3 Å². The number of hydrogen-bond donors (Lipinski definition) is 2. The predicted octanol–water partition coefficient (Wildman–Crippen LogP) is 1.31. The van der Waals surface area contributed by atoms with Crippen molar-refractivity contribution in [2.24, 2.45) is 5.41 Å². The Labute approximate surface area is 104 Å². The minimum Gasteiger partial charge on any atom is -0.384 e. The molecule has 1 saturated heterocycles. The molecular weight excluding hydrogens is 216 g/mol. The molecule has 0 aromatic heterocycles. The van der Waals surface area contributed by atoms with Crippen molar-refractivity contribution in [3.63, 3.8) is 0 Å². The van der Waals surface area contributed by atoms with Crippen LogP contribution in [0.5, 0.6) is 0 Å². The summed E-state index contributed by atoms with van der Waals surface area (Å²) in [6, 6.07) is 0.297. The average Bonchev–Trinajstić information content (AvgIpc) is 2.37. The average molecular weight is 242 g/mol. The van der Waals surface area contributed by atoms with Crippen LogP contribution in [0, 0.1) is 5.41 Å². The summed E-state index contributed by atoms with van der Waals surface area (Å²) in [4.78, 5) is 12.4. The third kappa shape index (κ3) is 3.68. The second kappa shape index (κ2) is 6.97. The van der Waals surface area contributed by atoms with Crippen LogP contribution in [0.25, 0.3) is 0 Å². The van der Waals surface area contributed by atoms with Gasteiger partial charge in [-0.25, -0.2) is 0 Å². The number of hydrogen-bond acceptors (Lipinski definition) is 3. The first-order valence-corrected chi connectivity index (χ1v) is 6.69. The SMILES string of the molecule is CCC(CC)NC(=O)C1(COC)CCNCC1. The van der Waals surface area contributed by atoms with Crippen molar-refractivity contribution < 1.29 is 9.53 Å². The third-order valence-corrected chi connectivity index (χ3v) is 3.78. The Hall–Kier alpha value is -0.610. The van der Waals surface area contributed by atoms with Gasteiger partial charge in [0, 0.05) is 13.2 Å². The first-order chi connectivity index (χ1) is 8.18. The molecule has 4 heteroatoms. The molecule has 0 aliphatic carbocycles. The Bertz CT molecular complexity index is 228. The van der Waals surface area contributed by atoms with E-state index in [4.69, 9.17) is 4.74 Å². The van der Waals surface area contributed by atoms with Gasteiger partial charge in [-0.05, 0) is 38.8 Å². The molecule has 1 rings (SSSR count). The van der Waals surface area contributed by atoms with Gasteiger partial charge in [-0.2, -0.15) is 0 Å². The molecule has 2 N–H and O–H groups in total. The Morgan fingerprint density at radius 3 is 2.41 bits per heavy atom. The van der Waals surface area contributed by atoms with Crippen LogP contribution in [-0.2, 0) is 9.53 Å². The van der Waals surface area contributed by atoms with Crippen LogP contribution in [0.1, 0.15) is 39.5 Å². The number of carbonyl (C=O) groups is 1. The van der Waals surface area contributed by atoms with Crippen LogP contribution < -0.4 is 10.6 Å². The van der Waals surface area contributed by atoms with Crippen molar-refractivity contribution in [3.05, 3.63) is 0 Å². The fourth-order valence-corrected chi connectivity index (χ4v) is 2.45. The van der Waals surface area contributed by atoms with Crippen molar-refractivity contribution in [1.29, 1.82) is 0 Å². The molecule has 0 unspecified atom stereocenters. The molecule has 0 atom stereocenters. The number of ether oxygens (including phenoxy) is 1. The Morgan fingerprint density at radius 1 is 1.35 bits per heavy atom. The van der Waals surface area contributed by atoms with Gasteiger partial charge in [0.15, 0.2) is 0 Å². The molecular formula is C13H26N2O2. The van der Waals surface area contributed by atoms with Crippen molar-refractivity contribution in [2.45, 2.75) is 45.6 Å². The normalized spacial score (nSPS) is 19.3. The summed E-state index contributed by atoms with van der Waals surface area (Å²) in [6.07, 6.45) is 3.72. The molecule has 0 spiro atoms.